The molecule has 0 N–H and O–H groups in total. The molecular weight excluding hydrogens is 362 g/mol. The van der Waals surface area contributed by atoms with Crippen LogP contribution in [0.3, 0.4) is 0 Å². The fourth-order valence-electron chi connectivity index (χ4n) is 2.48. The minimum atomic E-state index is -0.824. The highest BCUT2D eigenvalue weighted by molar-refractivity contribution is 8.14. The van der Waals surface area contributed by atoms with E-state index < -0.39 is 12.0 Å². The van der Waals surface area contributed by atoms with E-state index in [9.17, 15) is 14.4 Å². The summed E-state index contributed by atoms with van der Waals surface area (Å²) >= 11 is 7.18. The Kier molecular flexibility index (Phi) is 8.45. The second kappa shape index (κ2) is 9.82. The molecule has 0 saturated carbocycles. The number of ether oxygens (including phenoxy) is 1. The van der Waals surface area contributed by atoms with Crippen LogP contribution in [0.15, 0.2) is 12.1 Å². The van der Waals surface area contributed by atoms with Crippen LogP contribution in [0.5, 0.6) is 0 Å². The van der Waals surface area contributed by atoms with Crippen molar-refractivity contribution in [3.05, 3.63) is 28.3 Å². The summed E-state index contributed by atoms with van der Waals surface area (Å²) in [6.07, 6.45) is 1.15. The maximum Gasteiger partial charge on any atom is 0.328 e. The minimum absolute atomic E-state index is 0.0361. The first-order chi connectivity index (χ1) is 11.7. The van der Waals surface area contributed by atoms with E-state index in [0.717, 1.165) is 23.7 Å². The van der Waals surface area contributed by atoms with Crippen LogP contribution in [-0.2, 0) is 19.1 Å². The van der Waals surface area contributed by atoms with Crippen LogP contribution in [0.25, 0.3) is 0 Å². The largest absolute Gasteiger partial charge is 0.467 e. The number of nitrogens with zero attached hydrogens (tertiary/aromatic N) is 1. The highest BCUT2D eigenvalue weighted by Crippen LogP contribution is 2.32. The van der Waals surface area contributed by atoms with Crippen LogP contribution in [0.4, 0.5) is 5.69 Å². The fraction of sp³-hybridized carbons (Fsp3) is 0.500. The first kappa shape index (κ1) is 21.5. The van der Waals surface area contributed by atoms with Crippen LogP contribution in [-0.4, -0.2) is 35.9 Å². The second-order valence-electron chi connectivity index (χ2n) is 5.71. The molecule has 138 valence electrons. The molecule has 0 aromatic heterocycles. The number of esters is 1. The molecule has 0 heterocycles. The molecule has 0 bridgehead atoms. The van der Waals surface area contributed by atoms with E-state index in [2.05, 4.69) is 0 Å². The molecule has 7 heteroatoms. The van der Waals surface area contributed by atoms with Crippen LogP contribution < -0.4 is 4.90 Å². The molecular formula is C18H24ClNO4S. The lowest BCUT2D eigenvalue weighted by atomic mass is 10.1. The molecule has 1 atom stereocenters. The van der Waals surface area contributed by atoms with Crippen molar-refractivity contribution in [2.45, 2.75) is 46.6 Å². The number of anilines is 1. The molecule has 0 aliphatic rings. The van der Waals surface area contributed by atoms with Gasteiger partial charge in [0.1, 0.15) is 6.04 Å². The van der Waals surface area contributed by atoms with E-state index >= 15 is 0 Å². The number of hydrogen-bond acceptors (Lipinski definition) is 5. The topological polar surface area (TPSA) is 63.7 Å². The molecule has 1 aromatic carbocycles. The van der Waals surface area contributed by atoms with Gasteiger partial charge in [-0.05, 0) is 44.4 Å². The number of carbonyl (C=O) groups is 3. The highest BCUT2D eigenvalue weighted by Gasteiger charge is 2.31. The lowest BCUT2D eigenvalue weighted by Gasteiger charge is -2.30. The summed E-state index contributed by atoms with van der Waals surface area (Å²) in [5, 5.41) is 0.464. The monoisotopic (exact) mass is 385 g/mol. The van der Waals surface area contributed by atoms with Crippen molar-refractivity contribution in [3.8, 4) is 0 Å². The zero-order chi connectivity index (χ0) is 19.1. The summed E-state index contributed by atoms with van der Waals surface area (Å²) < 4.78 is 4.80. The predicted octanol–water partition coefficient (Wildman–Crippen LogP) is 3.91. The molecule has 0 saturated heterocycles. The number of halogens is 1. The second-order valence-corrected chi connectivity index (χ2v) is 7.15. The van der Waals surface area contributed by atoms with Gasteiger partial charge in [-0.1, -0.05) is 36.4 Å². The van der Waals surface area contributed by atoms with Crippen molar-refractivity contribution in [1.82, 2.24) is 0 Å². The highest BCUT2D eigenvalue weighted by atomic mass is 35.5. The van der Waals surface area contributed by atoms with E-state index in [1.807, 2.05) is 13.8 Å². The Morgan fingerprint density at radius 3 is 2.48 bits per heavy atom. The summed E-state index contributed by atoms with van der Waals surface area (Å²) in [7, 11) is 1.28. The van der Waals surface area contributed by atoms with E-state index in [1.165, 1.54) is 12.0 Å². The van der Waals surface area contributed by atoms with Gasteiger partial charge in [-0.3, -0.25) is 14.5 Å². The van der Waals surface area contributed by atoms with Crippen molar-refractivity contribution in [1.29, 1.82) is 0 Å². The van der Waals surface area contributed by atoms with Crippen molar-refractivity contribution in [3.63, 3.8) is 0 Å². The van der Waals surface area contributed by atoms with Gasteiger partial charge in [0, 0.05) is 11.4 Å². The molecule has 5 nitrogen and oxygen atoms in total. The normalized spacial score (nSPS) is 11.8. The van der Waals surface area contributed by atoms with Gasteiger partial charge in [0.05, 0.1) is 18.6 Å². The van der Waals surface area contributed by atoms with Crippen molar-refractivity contribution in [2.75, 3.05) is 17.8 Å². The Hall–Kier alpha value is -1.53. The number of benzene rings is 1. The van der Waals surface area contributed by atoms with E-state index in [0.29, 0.717) is 22.7 Å². The van der Waals surface area contributed by atoms with Gasteiger partial charge < -0.3 is 4.74 Å². The molecule has 0 aliphatic heterocycles. The molecule has 0 unspecified atom stereocenters. The van der Waals surface area contributed by atoms with Gasteiger partial charge in [-0.15, -0.1) is 0 Å². The third-order valence-corrected chi connectivity index (χ3v) is 5.14. The molecule has 1 rings (SSSR count). The average molecular weight is 386 g/mol. The van der Waals surface area contributed by atoms with Crippen LogP contribution in [0, 0.1) is 13.8 Å². The molecule has 0 radical (unpaired) electrons. The number of amides is 1. The van der Waals surface area contributed by atoms with Gasteiger partial charge in [0.2, 0.25) is 5.91 Å². The third kappa shape index (κ3) is 5.47. The Morgan fingerprint density at radius 2 is 1.92 bits per heavy atom. The first-order valence-electron chi connectivity index (χ1n) is 8.05. The molecule has 0 fully saturated rings. The number of aryl methyl sites for hydroxylation is 1. The van der Waals surface area contributed by atoms with Gasteiger partial charge in [0.25, 0.3) is 0 Å². The van der Waals surface area contributed by atoms with E-state index in [1.54, 1.807) is 26.0 Å². The van der Waals surface area contributed by atoms with Crippen LogP contribution >= 0.6 is 23.4 Å². The minimum Gasteiger partial charge on any atom is -0.467 e. The van der Waals surface area contributed by atoms with Crippen LogP contribution in [0.1, 0.15) is 37.8 Å². The van der Waals surface area contributed by atoms with Gasteiger partial charge >= 0.3 is 5.97 Å². The maximum absolute atomic E-state index is 12.8. The lowest BCUT2D eigenvalue weighted by molar-refractivity contribution is -0.142. The summed E-state index contributed by atoms with van der Waals surface area (Å²) in [6, 6.07) is 2.72. The molecule has 0 aliphatic carbocycles. The van der Waals surface area contributed by atoms with Gasteiger partial charge in [-0.2, -0.15) is 0 Å². The summed E-state index contributed by atoms with van der Waals surface area (Å²) in [4.78, 5) is 38.0. The zero-order valence-corrected chi connectivity index (χ0v) is 16.8. The Balaban J connectivity index is 3.23. The van der Waals surface area contributed by atoms with Gasteiger partial charge in [0.15, 0.2) is 5.12 Å². The number of methoxy groups -OCH3 is 1. The third-order valence-electron chi connectivity index (χ3n) is 3.82. The van der Waals surface area contributed by atoms with E-state index in [-0.39, 0.29) is 16.8 Å². The molecule has 0 spiro atoms. The van der Waals surface area contributed by atoms with Crippen LogP contribution in [0.2, 0.25) is 5.02 Å². The standard InChI is InChI=1S/C18H24ClNO4S/c1-6-7-16(22)25-10-15(21)20(13(4)18(23)24-5)17-11(2)8-9-14(19)12(17)3/h8-9,13H,6-7,10H2,1-5H3/t13-/m0/s1. The first-order valence-corrected chi connectivity index (χ1v) is 9.42. The van der Waals surface area contributed by atoms with Crippen molar-refractivity contribution < 1.29 is 19.1 Å². The van der Waals surface area contributed by atoms with Crippen molar-refractivity contribution >= 4 is 46.0 Å². The average Bonchev–Trinajstić information content (AvgIpc) is 2.59. The van der Waals surface area contributed by atoms with E-state index in [4.69, 9.17) is 16.3 Å². The van der Waals surface area contributed by atoms with Crippen molar-refractivity contribution in [2.24, 2.45) is 0 Å². The maximum atomic E-state index is 12.8. The lowest BCUT2D eigenvalue weighted by Crippen LogP contribution is -2.45. The van der Waals surface area contributed by atoms with Gasteiger partial charge in [-0.25, -0.2) is 4.79 Å². The summed E-state index contributed by atoms with van der Waals surface area (Å²) in [5.74, 6) is -0.899. The Morgan fingerprint density at radius 1 is 1.28 bits per heavy atom. The SMILES string of the molecule is CCCC(=O)SCC(=O)N(c1c(C)ccc(Cl)c1C)[C@@H](C)C(=O)OC. The smallest absolute Gasteiger partial charge is 0.328 e. The number of hydrogen-bond donors (Lipinski definition) is 0. The Labute approximate surface area is 158 Å². The molecule has 25 heavy (non-hydrogen) atoms. The molecule has 1 amide bonds. The molecule has 1 aromatic rings. The quantitative estimate of drug-likeness (QED) is 0.666. The zero-order valence-electron chi connectivity index (χ0n) is 15.2. The summed E-state index contributed by atoms with van der Waals surface area (Å²) in [6.45, 7) is 7.15. The fourth-order valence-corrected chi connectivity index (χ4v) is 3.40. The summed E-state index contributed by atoms with van der Waals surface area (Å²) in [5.41, 5.74) is 2.10. The Bertz CT molecular complexity index is 663. The number of carbonyl (C=O) groups excluding carboxylic acids is 3. The number of rotatable bonds is 7. The number of thioether (sulfide) groups is 1. The predicted molar refractivity (Wildman–Crippen MR) is 102 cm³/mol.